The van der Waals surface area contributed by atoms with Gasteiger partial charge in [-0.1, -0.05) is 29.8 Å². The lowest BCUT2D eigenvalue weighted by Gasteiger charge is -2.42. The first-order valence-corrected chi connectivity index (χ1v) is 11.8. The van der Waals surface area contributed by atoms with Crippen molar-refractivity contribution in [2.75, 3.05) is 38.2 Å². The number of rotatable bonds is 4. The van der Waals surface area contributed by atoms with Crippen LogP contribution in [0.1, 0.15) is 37.2 Å². The third-order valence-electron chi connectivity index (χ3n) is 7.10. The Kier molecular flexibility index (Phi) is 6.02. The quantitative estimate of drug-likeness (QED) is 0.522. The average Bonchev–Trinajstić information content (AvgIpc) is 2.84. The highest BCUT2D eigenvalue weighted by atomic mass is 35.5. The zero-order chi connectivity index (χ0) is 21.2. The molecular formula is C26H30ClN3O. The first-order valence-electron chi connectivity index (χ1n) is 11.4. The van der Waals surface area contributed by atoms with Crippen molar-refractivity contribution in [1.82, 2.24) is 9.88 Å². The summed E-state index contributed by atoms with van der Waals surface area (Å²) in [6.07, 6.45) is 7.01. The van der Waals surface area contributed by atoms with Crippen molar-refractivity contribution < 1.29 is 4.74 Å². The van der Waals surface area contributed by atoms with Crippen molar-refractivity contribution in [3.63, 3.8) is 0 Å². The number of ether oxygens (including phenoxy) is 1. The van der Waals surface area contributed by atoms with Crippen molar-refractivity contribution in [2.45, 2.75) is 37.6 Å². The Morgan fingerprint density at radius 3 is 2.52 bits per heavy atom. The van der Waals surface area contributed by atoms with Gasteiger partial charge in [-0.25, -0.2) is 4.98 Å². The van der Waals surface area contributed by atoms with E-state index in [4.69, 9.17) is 21.3 Å². The van der Waals surface area contributed by atoms with Gasteiger partial charge < -0.3 is 9.64 Å². The van der Waals surface area contributed by atoms with Crippen LogP contribution in [0.5, 0.6) is 5.75 Å². The van der Waals surface area contributed by atoms with Gasteiger partial charge in [-0.3, -0.25) is 4.90 Å². The third kappa shape index (κ3) is 4.37. The first-order chi connectivity index (χ1) is 15.2. The lowest BCUT2D eigenvalue weighted by Crippen LogP contribution is -2.51. The zero-order valence-electron chi connectivity index (χ0n) is 18.1. The number of hydrogen-bond donors (Lipinski definition) is 0. The van der Waals surface area contributed by atoms with E-state index in [1.807, 2.05) is 24.4 Å². The molecule has 1 aliphatic heterocycles. The molecule has 0 atom stereocenters. The minimum atomic E-state index is 0.664. The van der Waals surface area contributed by atoms with Crippen LogP contribution in [0.15, 0.2) is 54.7 Å². The summed E-state index contributed by atoms with van der Waals surface area (Å²) in [6, 6.07) is 17.5. The van der Waals surface area contributed by atoms with Crippen LogP contribution in [0.25, 0.3) is 10.8 Å². The fourth-order valence-electron chi connectivity index (χ4n) is 5.35. The number of piperazine rings is 1. The summed E-state index contributed by atoms with van der Waals surface area (Å²) >= 11 is 6.27. The number of halogens is 1. The number of benzene rings is 2. The molecule has 3 aromatic rings. The van der Waals surface area contributed by atoms with E-state index in [1.165, 1.54) is 36.6 Å². The topological polar surface area (TPSA) is 28.6 Å². The minimum Gasteiger partial charge on any atom is -0.497 e. The van der Waals surface area contributed by atoms with Crippen molar-refractivity contribution in [3.05, 3.63) is 65.3 Å². The van der Waals surface area contributed by atoms with Crippen LogP contribution < -0.4 is 9.64 Å². The van der Waals surface area contributed by atoms with E-state index >= 15 is 0 Å². The average molecular weight is 436 g/mol. The second kappa shape index (κ2) is 9.05. The maximum Gasteiger partial charge on any atom is 0.136 e. The van der Waals surface area contributed by atoms with Gasteiger partial charge in [0.2, 0.25) is 0 Å². The summed E-state index contributed by atoms with van der Waals surface area (Å²) in [5.74, 6) is 2.71. The van der Waals surface area contributed by atoms with Gasteiger partial charge in [0.1, 0.15) is 11.6 Å². The van der Waals surface area contributed by atoms with Gasteiger partial charge in [0.15, 0.2) is 0 Å². The Morgan fingerprint density at radius 1 is 0.935 bits per heavy atom. The summed E-state index contributed by atoms with van der Waals surface area (Å²) < 4.78 is 5.42. The summed E-state index contributed by atoms with van der Waals surface area (Å²) in [5, 5.41) is 3.13. The van der Waals surface area contributed by atoms with Gasteiger partial charge in [0.25, 0.3) is 0 Å². The van der Waals surface area contributed by atoms with Gasteiger partial charge >= 0.3 is 0 Å². The number of pyridine rings is 1. The molecule has 162 valence electrons. The number of aromatic nitrogens is 1. The van der Waals surface area contributed by atoms with Crippen LogP contribution in [0.3, 0.4) is 0 Å². The summed E-state index contributed by atoms with van der Waals surface area (Å²) in [5.41, 5.74) is 1.43. The second-order valence-electron chi connectivity index (χ2n) is 8.81. The molecule has 2 fully saturated rings. The third-order valence-corrected chi connectivity index (χ3v) is 7.33. The van der Waals surface area contributed by atoms with Crippen LogP contribution in [-0.2, 0) is 0 Å². The Balaban J connectivity index is 1.20. The molecule has 1 saturated carbocycles. The van der Waals surface area contributed by atoms with E-state index in [2.05, 4.69) is 40.1 Å². The standard InChI is InChI=1S/C26H30ClN3O/c1-31-24-4-2-3-21(17-24)19-6-9-23(10-7-19)29-13-15-30(16-14-29)26-25-18-22(27)8-5-20(25)11-12-28-26/h2-5,8,11-12,17-19,23H,6-7,9-10,13-16H2,1H3. The zero-order valence-corrected chi connectivity index (χ0v) is 18.9. The van der Waals surface area contributed by atoms with Crippen LogP contribution >= 0.6 is 11.6 Å². The molecule has 0 bridgehead atoms. The summed E-state index contributed by atoms with van der Waals surface area (Å²) in [7, 11) is 1.75. The van der Waals surface area contributed by atoms with Gasteiger partial charge in [-0.2, -0.15) is 0 Å². The van der Waals surface area contributed by atoms with Crippen molar-refractivity contribution in [1.29, 1.82) is 0 Å². The Morgan fingerprint density at radius 2 is 1.74 bits per heavy atom. The molecule has 0 amide bonds. The maximum absolute atomic E-state index is 6.27. The van der Waals surface area contributed by atoms with E-state index in [-0.39, 0.29) is 0 Å². The molecule has 1 saturated heterocycles. The number of nitrogens with zero attached hydrogens (tertiary/aromatic N) is 3. The van der Waals surface area contributed by atoms with Gasteiger partial charge in [0, 0.05) is 48.8 Å². The fraction of sp³-hybridized carbons (Fsp3) is 0.423. The SMILES string of the molecule is COc1cccc(C2CCC(N3CCN(c4nccc5ccc(Cl)cc45)CC3)CC2)c1. The fourth-order valence-corrected chi connectivity index (χ4v) is 5.52. The first kappa shape index (κ1) is 20.6. The highest BCUT2D eigenvalue weighted by molar-refractivity contribution is 6.31. The molecule has 0 N–H and O–H groups in total. The molecule has 2 aromatic carbocycles. The highest BCUT2D eigenvalue weighted by Gasteiger charge is 2.29. The molecule has 4 nitrogen and oxygen atoms in total. The lowest BCUT2D eigenvalue weighted by atomic mass is 9.81. The van der Waals surface area contributed by atoms with E-state index in [9.17, 15) is 0 Å². The molecule has 5 rings (SSSR count). The molecule has 0 unspecified atom stereocenters. The van der Waals surface area contributed by atoms with Crippen LogP contribution in [0, 0.1) is 0 Å². The predicted octanol–water partition coefficient (Wildman–Crippen LogP) is 5.75. The van der Waals surface area contributed by atoms with E-state index in [0.29, 0.717) is 12.0 Å². The molecule has 5 heteroatoms. The van der Waals surface area contributed by atoms with Crippen molar-refractivity contribution in [2.24, 2.45) is 0 Å². The van der Waals surface area contributed by atoms with Crippen LogP contribution in [0.2, 0.25) is 5.02 Å². The van der Waals surface area contributed by atoms with Crippen molar-refractivity contribution >= 4 is 28.2 Å². The minimum absolute atomic E-state index is 0.664. The van der Waals surface area contributed by atoms with Gasteiger partial charge in [-0.15, -0.1) is 0 Å². The molecule has 0 radical (unpaired) electrons. The second-order valence-corrected chi connectivity index (χ2v) is 9.24. The Labute approximate surface area is 189 Å². The molecular weight excluding hydrogens is 406 g/mol. The number of methoxy groups -OCH3 is 1. The molecule has 2 heterocycles. The smallest absolute Gasteiger partial charge is 0.136 e. The van der Waals surface area contributed by atoms with Crippen molar-refractivity contribution in [3.8, 4) is 5.75 Å². The molecule has 31 heavy (non-hydrogen) atoms. The molecule has 0 spiro atoms. The number of anilines is 1. The molecule has 1 aliphatic carbocycles. The molecule has 1 aromatic heterocycles. The van der Waals surface area contributed by atoms with E-state index < -0.39 is 0 Å². The normalized spacial score (nSPS) is 22.6. The number of hydrogen-bond acceptors (Lipinski definition) is 4. The number of fused-ring (bicyclic) bond motifs is 1. The predicted molar refractivity (Wildman–Crippen MR) is 129 cm³/mol. The van der Waals surface area contributed by atoms with Crippen LogP contribution in [0.4, 0.5) is 5.82 Å². The van der Waals surface area contributed by atoms with E-state index in [1.54, 1.807) is 7.11 Å². The maximum atomic E-state index is 6.27. The van der Waals surface area contributed by atoms with Gasteiger partial charge in [-0.05, 0) is 72.9 Å². The van der Waals surface area contributed by atoms with E-state index in [0.717, 1.165) is 48.2 Å². The van der Waals surface area contributed by atoms with Gasteiger partial charge in [0.05, 0.1) is 7.11 Å². The summed E-state index contributed by atoms with van der Waals surface area (Å²) in [4.78, 5) is 9.84. The lowest BCUT2D eigenvalue weighted by molar-refractivity contribution is 0.141. The monoisotopic (exact) mass is 435 g/mol. The Hall–Kier alpha value is -2.30. The molecule has 2 aliphatic rings. The summed E-state index contributed by atoms with van der Waals surface area (Å²) in [6.45, 7) is 4.25. The van der Waals surface area contributed by atoms with Crippen LogP contribution in [-0.4, -0.2) is 49.2 Å². The highest BCUT2D eigenvalue weighted by Crippen LogP contribution is 2.36. The Bertz CT molecular complexity index is 1040. The largest absolute Gasteiger partial charge is 0.497 e.